The summed E-state index contributed by atoms with van der Waals surface area (Å²) < 4.78 is 0. The van der Waals surface area contributed by atoms with E-state index in [4.69, 9.17) is 4.99 Å². The fraction of sp³-hybridized carbons (Fsp3) is 0.545. The molecule has 0 spiro atoms. The number of aryl methyl sites for hydroxylation is 1. The summed E-state index contributed by atoms with van der Waals surface area (Å²) in [6.07, 6.45) is 3.97. The monoisotopic (exact) mass is 414 g/mol. The van der Waals surface area contributed by atoms with Gasteiger partial charge in [-0.15, -0.1) is 11.3 Å². The van der Waals surface area contributed by atoms with Gasteiger partial charge < -0.3 is 15.5 Å². The lowest BCUT2D eigenvalue weighted by molar-refractivity contribution is 0.256. The quantitative estimate of drug-likeness (QED) is 0.375. The van der Waals surface area contributed by atoms with E-state index < -0.39 is 0 Å². The minimum absolute atomic E-state index is 0.852. The number of para-hydroxylation sites is 1. The SMILES string of the molecule is CCNC(=NCCCN1CCN(c2ccccc2)CC1)NCCc1ncc(C)s1. The Bertz CT molecular complexity index is 737. The molecule has 0 bridgehead atoms. The average Bonchev–Trinajstić information content (AvgIpc) is 3.17. The zero-order chi connectivity index (χ0) is 20.3. The van der Waals surface area contributed by atoms with E-state index in [0.29, 0.717) is 0 Å². The second-order valence-corrected chi connectivity index (χ2v) is 8.64. The van der Waals surface area contributed by atoms with Gasteiger partial charge >= 0.3 is 0 Å². The first-order valence-corrected chi connectivity index (χ1v) is 11.5. The lowest BCUT2D eigenvalue weighted by atomic mass is 10.2. The van der Waals surface area contributed by atoms with Crippen molar-refractivity contribution >= 4 is 23.0 Å². The second kappa shape index (κ2) is 11.8. The summed E-state index contributed by atoms with van der Waals surface area (Å²) in [5, 5.41) is 7.95. The molecule has 1 saturated heterocycles. The molecule has 0 radical (unpaired) electrons. The summed E-state index contributed by atoms with van der Waals surface area (Å²) in [5.41, 5.74) is 1.34. The van der Waals surface area contributed by atoms with Crippen molar-refractivity contribution in [1.29, 1.82) is 0 Å². The molecule has 1 fully saturated rings. The predicted octanol–water partition coefficient (Wildman–Crippen LogP) is 2.76. The maximum absolute atomic E-state index is 4.74. The van der Waals surface area contributed by atoms with E-state index in [2.05, 4.69) is 69.6 Å². The Balaban J connectivity index is 1.33. The van der Waals surface area contributed by atoms with E-state index in [1.54, 1.807) is 11.3 Å². The van der Waals surface area contributed by atoms with Crippen LogP contribution < -0.4 is 15.5 Å². The van der Waals surface area contributed by atoms with Crippen LogP contribution in [-0.4, -0.2) is 68.2 Å². The normalized spacial score (nSPS) is 15.5. The molecule has 1 aromatic heterocycles. The number of guanidine groups is 1. The van der Waals surface area contributed by atoms with Crippen LogP contribution in [0.5, 0.6) is 0 Å². The fourth-order valence-corrected chi connectivity index (χ4v) is 4.29. The van der Waals surface area contributed by atoms with Crippen molar-refractivity contribution < 1.29 is 0 Å². The molecule has 0 aliphatic carbocycles. The third-order valence-corrected chi connectivity index (χ3v) is 6.01. The third kappa shape index (κ3) is 7.33. The lowest BCUT2D eigenvalue weighted by Gasteiger charge is -2.36. The molecule has 6 nitrogen and oxygen atoms in total. The molecule has 0 saturated carbocycles. The van der Waals surface area contributed by atoms with Gasteiger partial charge in [-0.3, -0.25) is 9.89 Å². The Morgan fingerprint density at radius 3 is 2.62 bits per heavy atom. The number of aromatic nitrogens is 1. The summed E-state index contributed by atoms with van der Waals surface area (Å²) in [6, 6.07) is 10.7. The topological polar surface area (TPSA) is 55.8 Å². The molecule has 29 heavy (non-hydrogen) atoms. The Morgan fingerprint density at radius 1 is 1.14 bits per heavy atom. The standard InChI is InChI=1S/C22H34N6S/c1-3-23-22(25-12-10-21-26-18-19(2)29-21)24-11-7-13-27-14-16-28(17-15-27)20-8-5-4-6-9-20/h4-6,8-9,18H,3,7,10-17H2,1-2H3,(H2,23,24,25). The van der Waals surface area contributed by atoms with Crippen molar-refractivity contribution in [3.8, 4) is 0 Å². The molecule has 1 aromatic carbocycles. The number of hydrogen-bond donors (Lipinski definition) is 2. The number of nitrogens with zero attached hydrogens (tertiary/aromatic N) is 4. The number of nitrogens with one attached hydrogen (secondary N) is 2. The van der Waals surface area contributed by atoms with Crippen LogP contribution in [0, 0.1) is 6.92 Å². The third-order valence-electron chi connectivity index (χ3n) is 5.04. The van der Waals surface area contributed by atoms with Gasteiger partial charge in [-0.25, -0.2) is 4.98 Å². The van der Waals surface area contributed by atoms with Gasteiger partial charge in [-0.1, -0.05) is 18.2 Å². The molecular formula is C22H34N6S. The van der Waals surface area contributed by atoms with Crippen molar-refractivity contribution in [2.45, 2.75) is 26.7 Å². The van der Waals surface area contributed by atoms with E-state index in [0.717, 1.165) is 71.2 Å². The van der Waals surface area contributed by atoms with Crippen LogP contribution in [0.3, 0.4) is 0 Å². The van der Waals surface area contributed by atoms with Crippen molar-refractivity contribution in [2.24, 2.45) is 4.99 Å². The summed E-state index contributed by atoms with van der Waals surface area (Å²) >= 11 is 1.77. The number of hydrogen-bond acceptors (Lipinski definition) is 5. The van der Waals surface area contributed by atoms with E-state index in [1.807, 2.05) is 6.20 Å². The van der Waals surface area contributed by atoms with Gasteiger partial charge in [0.1, 0.15) is 0 Å². The van der Waals surface area contributed by atoms with Crippen LogP contribution in [0.25, 0.3) is 0 Å². The first-order valence-electron chi connectivity index (χ1n) is 10.7. The van der Waals surface area contributed by atoms with Crippen LogP contribution in [-0.2, 0) is 6.42 Å². The highest BCUT2D eigenvalue weighted by atomic mass is 32.1. The van der Waals surface area contributed by atoms with E-state index in [1.165, 1.54) is 15.6 Å². The Kier molecular flexibility index (Phi) is 8.77. The van der Waals surface area contributed by atoms with Gasteiger partial charge in [0.2, 0.25) is 0 Å². The minimum atomic E-state index is 0.852. The number of anilines is 1. The highest BCUT2D eigenvalue weighted by Crippen LogP contribution is 2.15. The number of aliphatic imine (C=N–C) groups is 1. The second-order valence-electron chi connectivity index (χ2n) is 7.32. The van der Waals surface area contributed by atoms with Crippen LogP contribution in [0.2, 0.25) is 0 Å². The smallest absolute Gasteiger partial charge is 0.191 e. The van der Waals surface area contributed by atoms with Gasteiger partial charge in [0.15, 0.2) is 5.96 Å². The summed E-state index contributed by atoms with van der Waals surface area (Å²) in [5.74, 6) is 0.912. The van der Waals surface area contributed by atoms with Gasteiger partial charge in [-0.2, -0.15) is 0 Å². The molecule has 158 valence electrons. The van der Waals surface area contributed by atoms with Gasteiger partial charge in [0.05, 0.1) is 5.01 Å². The minimum Gasteiger partial charge on any atom is -0.369 e. The maximum Gasteiger partial charge on any atom is 0.191 e. The first kappa shape index (κ1) is 21.6. The van der Waals surface area contributed by atoms with Gasteiger partial charge in [0.25, 0.3) is 0 Å². The largest absolute Gasteiger partial charge is 0.369 e. The Morgan fingerprint density at radius 2 is 1.93 bits per heavy atom. The molecule has 1 aliphatic rings. The van der Waals surface area contributed by atoms with Crippen molar-refractivity contribution in [3.63, 3.8) is 0 Å². The highest BCUT2D eigenvalue weighted by Gasteiger charge is 2.16. The molecule has 7 heteroatoms. The molecule has 3 rings (SSSR count). The summed E-state index contributed by atoms with van der Waals surface area (Å²) in [4.78, 5) is 15.5. The van der Waals surface area contributed by atoms with E-state index in [-0.39, 0.29) is 0 Å². The van der Waals surface area contributed by atoms with E-state index in [9.17, 15) is 0 Å². The molecule has 2 N–H and O–H groups in total. The van der Waals surface area contributed by atoms with Gasteiger partial charge in [-0.05, 0) is 32.4 Å². The van der Waals surface area contributed by atoms with Crippen LogP contribution in [0.4, 0.5) is 5.69 Å². The Hall–Kier alpha value is -2.12. The molecule has 2 heterocycles. The van der Waals surface area contributed by atoms with Crippen molar-refractivity contribution in [3.05, 3.63) is 46.4 Å². The number of benzene rings is 1. The predicted molar refractivity (Wildman–Crippen MR) is 124 cm³/mol. The molecule has 2 aromatic rings. The number of rotatable bonds is 9. The number of thiazole rings is 1. The van der Waals surface area contributed by atoms with Crippen LogP contribution >= 0.6 is 11.3 Å². The number of piperazine rings is 1. The average molecular weight is 415 g/mol. The van der Waals surface area contributed by atoms with Gasteiger partial charge in [0, 0.05) is 75.5 Å². The van der Waals surface area contributed by atoms with Crippen LogP contribution in [0.1, 0.15) is 23.2 Å². The summed E-state index contributed by atoms with van der Waals surface area (Å²) in [6.45, 7) is 12.4. The molecule has 0 amide bonds. The fourth-order valence-electron chi connectivity index (χ4n) is 3.50. The molecular weight excluding hydrogens is 380 g/mol. The van der Waals surface area contributed by atoms with Crippen molar-refractivity contribution in [1.82, 2.24) is 20.5 Å². The zero-order valence-electron chi connectivity index (χ0n) is 17.7. The van der Waals surface area contributed by atoms with E-state index >= 15 is 0 Å². The highest BCUT2D eigenvalue weighted by molar-refractivity contribution is 7.11. The maximum atomic E-state index is 4.74. The Labute approximate surface area is 179 Å². The zero-order valence-corrected chi connectivity index (χ0v) is 18.5. The summed E-state index contributed by atoms with van der Waals surface area (Å²) in [7, 11) is 0. The molecule has 0 atom stereocenters. The molecule has 0 unspecified atom stereocenters. The van der Waals surface area contributed by atoms with Crippen molar-refractivity contribution in [2.75, 3.05) is 57.3 Å². The van der Waals surface area contributed by atoms with Crippen LogP contribution in [0.15, 0.2) is 41.5 Å². The first-order chi connectivity index (χ1) is 14.2. The molecule has 1 aliphatic heterocycles. The lowest BCUT2D eigenvalue weighted by Crippen LogP contribution is -2.46.